The van der Waals surface area contributed by atoms with Crippen LogP contribution in [-0.4, -0.2) is 34.8 Å². The summed E-state index contributed by atoms with van der Waals surface area (Å²) in [5.74, 6) is 0.0124. The van der Waals surface area contributed by atoms with E-state index in [0.717, 1.165) is 49.4 Å². The molecule has 2 rings (SSSR count). The fourth-order valence-electron chi connectivity index (χ4n) is 2.57. The summed E-state index contributed by atoms with van der Waals surface area (Å²) in [7, 11) is 0. The van der Waals surface area contributed by atoms with Gasteiger partial charge in [0.05, 0.1) is 11.3 Å². The van der Waals surface area contributed by atoms with Gasteiger partial charge in [-0.25, -0.2) is 0 Å². The summed E-state index contributed by atoms with van der Waals surface area (Å²) < 4.78 is 1.88. The highest BCUT2D eigenvalue weighted by Crippen LogP contribution is 2.13. The molecule has 100 valence electrons. The highest BCUT2D eigenvalue weighted by molar-refractivity contribution is 5.96. The largest absolute Gasteiger partial charge is 0.348 e. The molecule has 0 aromatic carbocycles. The van der Waals surface area contributed by atoms with Crippen LogP contribution in [0.4, 0.5) is 0 Å². The number of aryl methyl sites for hydroxylation is 2. The average Bonchev–Trinajstić information content (AvgIpc) is 2.65. The van der Waals surface area contributed by atoms with Gasteiger partial charge in [0.15, 0.2) is 0 Å². The first-order valence-corrected chi connectivity index (χ1v) is 6.69. The fraction of sp³-hybridized carbons (Fsp3) is 0.692. The minimum Gasteiger partial charge on any atom is -0.348 e. The molecular weight excluding hydrogens is 228 g/mol. The number of hydrogen-bond donors (Lipinski definition) is 2. The number of piperidine rings is 1. The van der Waals surface area contributed by atoms with Crippen LogP contribution in [0.1, 0.15) is 41.5 Å². The van der Waals surface area contributed by atoms with Gasteiger partial charge in [-0.05, 0) is 40.2 Å². The first-order chi connectivity index (χ1) is 8.63. The van der Waals surface area contributed by atoms with E-state index in [1.54, 1.807) is 0 Å². The van der Waals surface area contributed by atoms with Crippen molar-refractivity contribution in [2.24, 2.45) is 0 Å². The van der Waals surface area contributed by atoms with Gasteiger partial charge in [0.1, 0.15) is 0 Å². The van der Waals surface area contributed by atoms with E-state index in [2.05, 4.69) is 15.7 Å². The normalized spacial score (nSPS) is 19.8. The van der Waals surface area contributed by atoms with Crippen LogP contribution in [0, 0.1) is 13.8 Å². The third-order valence-corrected chi connectivity index (χ3v) is 3.54. The molecular formula is C13H22N4O. The van der Waals surface area contributed by atoms with Crippen LogP contribution in [0.2, 0.25) is 0 Å². The van der Waals surface area contributed by atoms with E-state index in [0.29, 0.717) is 0 Å². The maximum absolute atomic E-state index is 12.3. The zero-order valence-corrected chi connectivity index (χ0v) is 11.4. The van der Waals surface area contributed by atoms with Crippen LogP contribution in [0.15, 0.2) is 0 Å². The molecule has 1 atom stereocenters. The van der Waals surface area contributed by atoms with Crippen molar-refractivity contribution in [3.63, 3.8) is 0 Å². The molecule has 0 radical (unpaired) electrons. The Hall–Kier alpha value is -1.36. The van der Waals surface area contributed by atoms with Crippen LogP contribution >= 0.6 is 0 Å². The number of aromatic nitrogens is 2. The SMILES string of the molecule is CCn1nc(C)c(C(=O)N[C@H]2CCCNC2)c1C. The summed E-state index contributed by atoms with van der Waals surface area (Å²) in [6, 6.07) is 0.245. The lowest BCUT2D eigenvalue weighted by Gasteiger charge is -2.23. The molecule has 0 spiro atoms. The molecule has 5 nitrogen and oxygen atoms in total. The summed E-state index contributed by atoms with van der Waals surface area (Å²) in [4.78, 5) is 12.3. The average molecular weight is 250 g/mol. The molecule has 18 heavy (non-hydrogen) atoms. The maximum Gasteiger partial charge on any atom is 0.255 e. The molecule has 1 aromatic heterocycles. The molecule has 2 N–H and O–H groups in total. The summed E-state index contributed by atoms with van der Waals surface area (Å²) in [5.41, 5.74) is 2.51. The third kappa shape index (κ3) is 2.56. The van der Waals surface area contributed by atoms with Crippen LogP contribution in [-0.2, 0) is 6.54 Å². The highest BCUT2D eigenvalue weighted by Gasteiger charge is 2.21. The van der Waals surface area contributed by atoms with Gasteiger partial charge < -0.3 is 10.6 Å². The van der Waals surface area contributed by atoms with E-state index in [1.807, 2.05) is 25.5 Å². The van der Waals surface area contributed by atoms with Gasteiger partial charge in [-0.1, -0.05) is 0 Å². The van der Waals surface area contributed by atoms with E-state index < -0.39 is 0 Å². The van der Waals surface area contributed by atoms with Crippen molar-refractivity contribution in [3.8, 4) is 0 Å². The number of amides is 1. The Morgan fingerprint density at radius 3 is 2.89 bits per heavy atom. The standard InChI is InChI=1S/C13H22N4O/c1-4-17-10(3)12(9(2)16-17)13(18)15-11-6-5-7-14-8-11/h11,14H,4-8H2,1-3H3,(H,15,18)/t11-/m0/s1. The lowest BCUT2D eigenvalue weighted by Crippen LogP contribution is -2.45. The molecule has 0 saturated carbocycles. The van der Waals surface area contributed by atoms with Crippen LogP contribution in [0.3, 0.4) is 0 Å². The van der Waals surface area contributed by atoms with Crippen LogP contribution < -0.4 is 10.6 Å². The van der Waals surface area contributed by atoms with Gasteiger partial charge in [-0.15, -0.1) is 0 Å². The molecule has 1 aliphatic rings. The van der Waals surface area contributed by atoms with Crippen molar-refractivity contribution in [2.75, 3.05) is 13.1 Å². The maximum atomic E-state index is 12.3. The van der Waals surface area contributed by atoms with Gasteiger partial charge in [0.2, 0.25) is 0 Å². The number of carbonyl (C=O) groups is 1. The Kier molecular flexibility index (Phi) is 4.01. The number of hydrogen-bond acceptors (Lipinski definition) is 3. The smallest absolute Gasteiger partial charge is 0.255 e. The van der Waals surface area contributed by atoms with Gasteiger partial charge in [0, 0.05) is 24.8 Å². The second-order valence-corrected chi connectivity index (χ2v) is 4.88. The second-order valence-electron chi connectivity index (χ2n) is 4.88. The van der Waals surface area contributed by atoms with E-state index in [4.69, 9.17) is 0 Å². The monoisotopic (exact) mass is 250 g/mol. The Balaban J connectivity index is 2.10. The van der Waals surface area contributed by atoms with E-state index in [-0.39, 0.29) is 11.9 Å². The van der Waals surface area contributed by atoms with E-state index in [1.165, 1.54) is 0 Å². The summed E-state index contributed by atoms with van der Waals surface area (Å²) in [6.45, 7) is 8.60. The molecule has 1 amide bonds. The number of rotatable bonds is 3. The topological polar surface area (TPSA) is 59.0 Å². The van der Waals surface area contributed by atoms with Crippen molar-refractivity contribution < 1.29 is 4.79 Å². The molecule has 0 unspecified atom stereocenters. The fourth-order valence-corrected chi connectivity index (χ4v) is 2.57. The van der Waals surface area contributed by atoms with Crippen LogP contribution in [0.25, 0.3) is 0 Å². The minimum atomic E-state index is 0.0124. The number of carbonyl (C=O) groups excluding carboxylic acids is 1. The molecule has 1 aliphatic heterocycles. The zero-order valence-electron chi connectivity index (χ0n) is 11.4. The first kappa shape index (κ1) is 13.1. The van der Waals surface area contributed by atoms with Crippen molar-refractivity contribution >= 4 is 5.91 Å². The predicted molar refractivity (Wildman–Crippen MR) is 70.7 cm³/mol. The van der Waals surface area contributed by atoms with E-state index >= 15 is 0 Å². The second kappa shape index (κ2) is 5.52. The van der Waals surface area contributed by atoms with Crippen molar-refractivity contribution in [1.29, 1.82) is 0 Å². The van der Waals surface area contributed by atoms with Gasteiger partial charge in [-0.2, -0.15) is 5.10 Å². The van der Waals surface area contributed by atoms with Crippen molar-refractivity contribution in [2.45, 2.75) is 46.2 Å². The summed E-state index contributed by atoms with van der Waals surface area (Å²) >= 11 is 0. The Morgan fingerprint density at radius 1 is 1.56 bits per heavy atom. The van der Waals surface area contributed by atoms with Gasteiger partial charge >= 0.3 is 0 Å². The summed E-state index contributed by atoms with van der Waals surface area (Å²) in [6.07, 6.45) is 2.18. The molecule has 5 heteroatoms. The first-order valence-electron chi connectivity index (χ1n) is 6.69. The molecule has 0 bridgehead atoms. The zero-order chi connectivity index (χ0) is 13.1. The van der Waals surface area contributed by atoms with Gasteiger partial charge in [0.25, 0.3) is 5.91 Å². The van der Waals surface area contributed by atoms with E-state index in [9.17, 15) is 4.79 Å². The lowest BCUT2D eigenvalue weighted by atomic mass is 10.1. The van der Waals surface area contributed by atoms with Crippen molar-refractivity contribution in [1.82, 2.24) is 20.4 Å². The van der Waals surface area contributed by atoms with Crippen LogP contribution in [0.5, 0.6) is 0 Å². The molecule has 1 saturated heterocycles. The minimum absolute atomic E-state index is 0.0124. The molecule has 0 aliphatic carbocycles. The predicted octanol–water partition coefficient (Wildman–Crippen LogP) is 1.00. The summed E-state index contributed by atoms with van der Waals surface area (Å²) in [5, 5.41) is 10.8. The Bertz CT molecular complexity index is 432. The van der Waals surface area contributed by atoms with Gasteiger partial charge in [-0.3, -0.25) is 9.48 Å². The molecule has 1 aromatic rings. The lowest BCUT2D eigenvalue weighted by molar-refractivity contribution is 0.0929. The Morgan fingerprint density at radius 2 is 2.33 bits per heavy atom. The Labute approximate surface area is 108 Å². The third-order valence-electron chi connectivity index (χ3n) is 3.54. The molecule has 1 fully saturated rings. The van der Waals surface area contributed by atoms with Crippen molar-refractivity contribution in [3.05, 3.63) is 17.0 Å². The quantitative estimate of drug-likeness (QED) is 0.841. The number of nitrogens with one attached hydrogen (secondary N) is 2. The molecule has 2 heterocycles. The highest BCUT2D eigenvalue weighted by atomic mass is 16.1. The number of nitrogens with zero attached hydrogens (tertiary/aromatic N) is 2.